The molecule has 6 heteroatoms. The highest BCUT2D eigenvalue weighted by Crippen LogP contribution is 2.20. The van der Waals surface area contributed by atoms with E-state index in [9.17, 15) is 4.79 Å². The lowest BCUT2D eigenvalue weighted by atomic mass is 9.97. The van der Waals surface area contributed by atoms with Crippen molar-refractivity contribution in [2.45, 2.75) is 33.2 Å². The van der Waals surface area contributed by atoms with Crippen LogP contribution in [0.1, 0.15) is 32.6 Å². The number of likely N-dealkylation sites (tertiary alicyclic amines) is 1. The highest BCUT2D eigenvalue weighted by molar-refractivity contribution is 5.78. The molecule has 1 N–H and O–H groups in total. The van der Waals surface area contributed by atoms with Crippen molar-refractivity contribution in [2.75, 3.05) is 19.6 Å². The van der Waals surface area contributed by atoms with Gasteiger partial charge in [0.05, 0.1) is 12.5 Å². The Hall–Kier alpha value is -2.21. The van der Waals surface area contributed by atoms with Crippen LogP contribution in [-0.4, -0.2) is 40.6 Å². The maximum Gasteiger partial charge on any atom is 0.241 e. The van der Waals surface area contributed by atoms with E-state index in [1.54, 1.807) is 0 Å². The van der Waals surface area contributed by atoms with E-state index in [-0.39, 0.29) is 11.8 Å². The Kier molecular flexibility index (Phi) is 5.81. The second-order valence-corrected chi connectivity index (χ2v) is 7.09. The van der Waals surface area contributed by atoms with Crippen molar-refractivity contribution in [1.29, 1.82) is 0 Å². The van der Waals surface area contributed by atoms with Crippen molar-refractivity contribution in [2.24, 2.45) is 11.8 Å². The van der Waals surface area contributed by atoms with Crippen LogP contribution >= 0.6 is 0 Å². The molecule has 6 nitrogen and oxygen atoms in total. The summed E-state index contributed by atoms with van der Waals surface area (Å²) >= 11 is 0. The number of amides is 1. The summed E-state index contributed by atoms with van der Waals surface area (Å²) in [6, 6.07) is 9.80. The second kappa shape index (κ2) is 8.25. The van der Waals surface area contributed by atoms with Crippen LogP contribution in [0.3, 0.4) is 0 Å². The smallest absolute Gasteiger partial charge is 0.241 e. The Morgan fingerprint density at radius 2 is 2.16 bits per heavy atom. The van der Waals surface area contributed by atoms with Crippen LogP contribution in [-0.2, 0) is 11.3 Å². The van der Waals surface area contributed by atoms with Gasteiger partial charge in [-0.15, -0.1) is 0 Å². The van der Waals surface area contributed by atoms with E-state index in [1.807, 2.05) is 30.3 Å². The third-order valence-electron chi connectivity index (χ3n) is 4.42. The molecule has 1 unspecified atom stereocenters. The predicted molar refractivity (Wildman–Crippen MR) is 95.6 cm³/mol. The molecule has 0 saturated carbocycles. The predicted octanol–water partition coefficient (Wildman–Crippen LogP) is 2.72. The lowest BCUT2D eigenvalue weighted by Gasteiger charge is -2.31. The lowest BCUT2D eigenvalue weighted by Crippen LogP contribution is -2.43. The standard InChI is InChI=1S/C19H26N4O2/c1-14(2)11-20-19(24)16-9-6-10-23(12-16)13-17-21-18(22-25-17)15-7-4-3-5-8-15/h3-5,7-8,14,16H,6,9-13H2,1-2H3,(H,20,24). The topological polar surface area (TPSA) is 71.3 Å². The molecular weight excluding hydrogens is 316 g/mol. The van der Waals surface area contributed by atoms with Crippen molar-refractivity contribution < 1.29 is 9.32 Å². The van der Waals surface area contributed by atoms with Gasteiger partial charge < -0.3 is 9.84 Å². The van der Waals surface area contributed by atoms with Gasteiger partial charge in [-0.05, 0) is 25.3 Å². The molecule has 2 heterocycles. The van der Waals surface area contributed by atoms with E-state index in [0.717, 1.165) is 38.0 Å². The summed E-state index contributed by atoms with van der Waals surface area (Å²) in [5.41, 5.74) is 0.946. The van der Waals surface area contributed by atoms with E-state index in [1.165, 1.54) is 0 Å². The summed E-state index contributed by atoms with van der Waals surface area (Å²) in [6.07, 6.45) is 1.96. The number of hydrogen-bond donors (Lipinski definition) is 1. The van der Waals surface area contributed by atoms with Crippen molar-refractivity contribution in [3.63, 3.8) is 0 Å². The molecule has 0 radical (unpaired) electrons. The average molecular weight is 342 g/mol. The SMILES string of the molecule is CC(C)CNC(=O)C1CCCN(Cc2nc(-c3ccccc3)no2)C1. The monoisotopic (exact) mass is 342 g/mol. The maximum absolute atomic E-state index is 12.3. The normalized spacial score (nSPS) is 18.4. The minimum atomic E-state index is 0.0454. The van der Waals surface area contributed by atoms with E-state index in [2.05, 4.69) is 34.2 Å². The fraction of sp³-hybridized carbons (Fsp3) is 0.526. The number of rotatable bonds is 6. The van der Waals surface area contributed by atoms with Crippen LogP contribution in [0.25, 0.3) is 11.4 Å². The minimum Gasteiger partial charge on any atom is -0.356 e. The summed E-state index contributed by atoms with van der Waals surface area (Å²) < 4.78 is 5.39. The number of nitrogens with one attached hydrogen (secondary N) is 1. The van der Waals surface area contributed by atoms with Gasteiger partial charge in [0.15, 0.2) is 0 Å². The molecule has 25 heavy (non-hydrogen) atoms. The van der Waals surface area contributed by atoms with Crippen molar-refractivity contribution in [3.8, 4) is 11.4 Å². The first-order valence-corrected chi connectivity index (χ1v) is 9.00. The fourth-order valence-electron chi connectivity index (χ4n) is 3.08. The van der Waals surface area contributed by atoms with Crippen molar-refractivity contribution in [3.05, 3.63) is 36.2 Å². The quantitative estimate of drug-likeness (QED) is 0.874. The molecule has 0 aliphatic carbocycles. The number of hydrogen-bond acceptors (Lipinski definition) is 5. The Morgan fingerprint density at radius 1 is 1.36 bits per heavy atom. The number of benzene rings is 1. The van der Waals surface area contributed by atoms with E-state index in [0.29, 0.717) is 24.2 Å². The zero-order valence-electron chi connectivity index (χ0n) is 14.9. The number of carbonyl (C=O) groups excluding carboxylic acids is 1. The number of nitrogens with zero attached hydrogens (tertiary/aromatic N) is 3. The molecule has 1 aromatic heterocycles. The first-order chi connectivity index (χ1) is 12.1. The van der Waals surface area contributed by atoms with Gasteiger partial charge in [-0.25, -0.2) is 0 Å². The van der Waals surface area contributed by atoms with Crippen LogP contribution < -0.4 is 5.32 Å². The van der Waals surface area contributed by atoms with E-state index in [4.69, 9.17) is 4.52 Å². The molecule has 1 aliphatic rings. The molecule has 134 valence electrons. The zero-order chi connectivity index (χ0) is 17.6. The molecule has 0 bridgehead atoms. The highest BCUT2D eigenvalue weighted by atomic mass is 16.5. The molecule has 1 amide bonds. The second-order valence-electron chi connectivity index (χ2n) is 7.09. The summed E-state index contributed by atoms with van der Waals surface area (Å²) in [6.45, 7) is 7.23. The fourth-order valence-corrected chi connectivity index (χ4v) is 3.08. The van der Waals surface area contributed by atoms with Crippen LogP contribution in [0.2, 0.25) is 0 Å². The Morgan fingerprint density at radius 3 is 2.92 bits per heavy atom. The van der Waals surface area contributed by atoms with Gasteiger partial charge in [0.2, 0.25) is 17.6 Å². The Bertz CT molecular complexity index is 684. The molecular formula is C19H26N4O2. The largest absolute Gasteiger partial charge is 0.356 e. The third kappa shape index (κ3) is 4.89. The first kappa shape index (κ1) is 17.6. The molecule has 1 fully saturated rings. The van der Waals surface area contributed by atoms with Crippen LogP contribution in [0.15, 0.2) is 34.9 Å². The highest BCUT2D eigenvalue weighted by Gasteiger charge is 2.26. The zero-order valence-corrected chi connectivity index (χ0v) is 14.9. The maximum atomic E-state index is 12.3. The van der Waals surface area contributed by atoms with E-state index < -0.39 is 0 Å². The number of piperidine rings is 1. The van der Waals surface area contributed by atoms with Gasteiger partial charge in [-0.1, -0.05) is 49.3 Å². The van der Waals surface area contributed by atoms with Gasteiger partial charge in [0.1, 0.15) is 0 Å². The molecule has 0 spiro atoms. The Labute approximate surface area is 148 Å². The van der Waals surface area contributed by atoms with E-state index >= 15 is 0 Å². The Balaban J connectivity index is 1.56. The molecule has 3 rings (SSSR count). The average Bonchev–Trinajstić information content (AvgIpc) is 3.09. The molecule has 1 atom stereocenters. The summed E-state index contributed by atoms with van der Waals surface area (Å²) in [4.78, 5) is 19.0. The summed E-state index contributed by atoms with van der Waals surface area (Å²) in [5, 5.41) is 7.11. The molecule has 1 saturated heterocycles. The van der Waals surface area contributed by atoms with Crippen LogP contribution in [0, 0.1) is 11.8 Å². The third-order valence-corrected chi connectivity index (χ3v) is 4.42. The van der Waals surface area contributed by atoms with Gasteiger partial charge >= 0.3 is 0 Å². The minimum absolute atomic E-state index is 0.0454. The van der Waals surface area contributed by atoms with Crippen LogP contribution in [0.5, 0.6) is 0 Å². The first-order valence-electron chi connectivity index (χ1n) is 9.00. The molecule has 1 aliphatic heterocycles. The summed E-state index contributed by atoms with van der Waals surface area (Å²) in [5.74, 6) is 1.89. The summed E-state index contributed by atoms with van der Waals surface area (Å²) in [7, 11) is 0. The number of aromatic nitrogens is 2. The van der Waals surface area contributed by atoms with Gasteiger partial charge in [-0.2, -0.15) is 4.98 Å². The molecule has 2 aromatic rings. The number of carbonyl (C=O) groups is 1. The lowest BCUT2D eigenvalue weighted by molar-refractivity contribution is -0.127. The van der Waals surface area contributed by atoms with Crippen LogP contribution in [0.4, 0.5) is 0 Å². The van der Waals surface area contributed by atoms with Gasteiger partial charge in [0, 0.05) is 18.7 Å². The van der Waals surface area contributed by atoms with Crippen molar-refractivity contribution >= 4 is 5.91 Å². The van der Waals surface area contributed by atoms with Gasteiger partial charge in [-0.3, -0.25) is 9.69 Å². The van der Waals surface area contributed by atoms with Crippen molar-refractivity contribution in [1.82, 2.24) is 20.4 Å². The van der Waals surface area contributed by atoms with Gasteiger partial charge in [0.25, 0.3) is 0 Å². The molecule has 1 aromatic carbocycles.